The fraction of sp³-hybridized carbons (Fsp3) is 0.100. The van der Waals surface area contributed by atoms with Gasteiger partial charge in [0, 0.05) is 17.1 Å². The second-order valence-electron chi connectivity index (χ2n) is 5.99. The van der Waals surface area contributed by atoms with E-state index in [1.165, 1.54) is 11.8 Å². The van der Waals surface area contributed by atoms with E-state index < -0.39 is 0 Å². The van der Waals surface area contributed by atoms with E-state index in [0.29, 0.717) is 23.0 Å². The predicted octanol–water partition coefficient (Wildman–Crippen LogP) is 3.85. The van der Waals surface area contributed by atoms with Gasteiger partial charge in [-0.3, -0.25) is 4.79 Å². The number of carbonyl (C=O) groups is 1. The average molecular weight is 410 g/mol. The van der Waals surface area contributed by atoms with Crippen molar-refractivity contribution >= 4 is 34.9 Å². The zero-order chi connectivity index (χ0) is 19.3. The first kappa shape index (κ1) is 18.5. The number of aromatic nitrogens is 4. The van der Waals surface area contributed by atoms with Crippen LogP contribution in [0.3, 0.4) is 0 Å². The van der Waals surface area contributed by atoms with Crippen LogP contribution in [0.5, 0.6) is 0 Å². The molecule has 0 saturated heterocycles. The van der Waals surface area contributed by atoms with Crippen molar-refractivity contribution in [1.82, 2.24) is 25.1 Å². The highest BCUT2D eigenvalue weighted by atomic mass is 35.5. The SMILES string of the molecule is O=C(CSc1ccc2nnc(-c3ccccc3)n2n1)NCc1ccccc1Cl. The molecule has 140 valence electrons. The number of rotatable bonds is 6. The lowest BCUT2D eigenvalue weighted by molar-refractivity contribution is -0.118. The number of hydrogen-bond acceptors (Lipinski definition) is 5. The summed E-state index contributed by atoms with van der Waals surface area (Å²) < 4.78 is 1.69. The van der Waals surface area contributed by atoms with E-state index in [1.54, 1.807) is 10.6 Å². The van der Waals surface area contributed by atoms with Crippen LogP contribution < -0.4 is 5.32 Å². The summed E-state index contributed by atoms with van der Waals surface area (Å²) in [4.78, 5) is 12.2. The molecule has 4 aromatic rings. The molecular formula is C20H16ClN5OS. The van der Waals surface area contributed by atoms with E-state index in [4.69, 9.17) is 11.6 Å². The summed E-state index contributed by atoms with van der Waals surface area (Å²) in [5, 5.41) is 17.2. The molecule has 0 aliphatic heterocycles. The monoisotopic (exact) mass is 409 g/mol. The number of carbonyl (C=O) groups excluding carboxylic acids is 1. The van der Waals surface area contributed by atoms with Crippen LogP contribution in [0.15, 0.2) is 71.8 Å². The van der Waals surface area contributed by atoms with Gasteiger partial charge in [-0.05, 0) is 23.8 Å². The quantitative estimate of drug-likeness (QED) is 0.490. The maximum absolute atomic E-state index is 12.2. The molecule has 0 spiro atoms. The highest BCUT2D eigenvalue weighted by molar-refractivity contribution is 7.99. The Kier molecular flexibility index (Phi) is 5.55. The van der Waals surface area contributed by atoms with Gasteiger partial charge < -0.3 is 5.32 Å². The van der Waals surface area contributed by atoms with Crippen LogP contribution in [0, 0.1) is 0 Å². The summed E-state index contributed by atoms with van der Waals surface area (Å²) in [6.45, 7) is 0.398. The Morgan fingerprint density at radius 3 is 2.61 bits per heavy atom. The van der Waals surface area contributed by atoms with Crippen molar-refractivity contribution in [3.05, 3.63) is 77.3 Å². The van der Waals surface area contributed by atoms with Crippen molar-refractivity contribution in [2.24, 2.45) is 0 Å². The number of nitrogens with one attached hydrogen (secondary N) is 1. The normalized spacial score (nSPS) is 10.9. The molecule has 0 fully saturated rings. The molecule has 6 nitrogen and oxygen atoms in total. The molecule has 28 heavy (non-hydrogen) atoms. The molecule has 4 rings (SSSR count). The molecule has 8 heteroatoms. The Balaban J connectivity index is 1.42. The van der Waals surface area contributed by atoms with Gasteiger partial charge in [0.1, 0.15) is 5.03 Å². The molecule has 0 bridgehead atoms. The Bertz CT molecular complexity index is 1120. The van der Waals surface area contributed by atoms with Gasteiger partial charge in [-0.25, -0.2) is 0 Å². The molecule has 0 radical (unpaired) electrons. The first-order chi connectivity index (χ1) is 13.7. The zero-order valence-corrected chi connectivity index (χ0v) is 16.3. The van der Waals surface area contributed by atoms with E-state index >= 15 is 0 Å². The first-order valence-corrected chi connectivity index (χ1v) is 9.98. The molecule has 0 aliphatic carbocycles. The molecular weight excluding hydrogens is 394 g/mol. The van der Waals surface area contributed by atoms with Crippen LogP contribution in [-0.2, 0) is 11.3 Å². The lowest BCUT2D eigenvalue weighted by atomic mass is 10.2. The second-order valence-corrected chi connectivity index (χ2v) is 7.39. The molecule has 0 unspecified atom stereocenters. The highest BCUT2D eigenvalue weighted by Gasteiger charge is 2.11. The average Bonchev–Trinajstić information content (AvgIpc) is 3.15. The number of fused-ring (bicyclic) bond motifs is 1. The predicted molar refractivity (Wildman–Crippen MR) is 110 cm³/mol. The lowest BCUT2D eigenvalue weighted by Crippen LogP contribution is -2.24. The van der Waals surface area contributed by atoms with Crippen molar-refractivity contribution in [3.63, 3.8) is 0 Å². The standard InChI is InChI=1S/C20H16ClN5OS/c21-16-9-5-4-8-15(16)12-22-18(27)13-28-19-11-10-17-23-24-20(26(17)25-19)14-6-2-1-3-7-14/h1-11H,12-13H2,(H,22,27). The zero-order valence-electron chi connectivity index (χ0n) is 14.7. The maximum atomic E-state index is 12.2. The van der Waals surface area contributed by atoms with Crippen LogP contribution in [0.2, 0.25) is 5.02 Å². The molecule has 1 amide bonds. The van der Waals surface area contributed by atoms with Gasteiger partial charge >= 0.3 is 0 Å². The van der Waals surface area contributed by atoms with Gasteiger partial charge in [-0.1, -0.05) is 71.9 Å². The van der Waals surface area contributed by atoms with E-state index in [0.717, 1.165) is 16.2 Å². The maximum Gasteiger partial charge on any atom is 0.230 e. The van der Waals surface area contributed by atoms with Crippen LogP contribution >= 0.6 is 23.4 Å². The van der Waals surface area contributed by atoms with Gasteiger partial charge in [0.25, 0.3) is 0 Å². The van der Waals surface area contributed by atoms with Crippen molar-refractivity contribution in [3.8, 4) is 11.4 Å². The van der Waals surface area contributed by atoms with E-state index in [2.05, 4.69) is 20.6 Å². The third-order valence-corrected chi connectivity index (χ3v) is 5.34. The largest absolute Gasteiger partial charge is 0.351 e. The molecule has 1 N–H and O–H groups in total. The topological polar surface area (TPSA) is 72.2 Å². The summed E-state index contributed by atoms with van der Waals surface area (Å²) in [6.07, 6.45) is 0. The van der Waals surface area contributed by atoms with Crippen LogP contribution in [0.4, 0.5) is 0 Å². The number of benzene rings is 2. The summed E-state index contributed by atoms with van der Waals surface area (Å²) in [5.41, 5.74) is 2.48. The summed E-state index contributed by atoms with van der Waals surface area (Å²) in [5.74, 6) is 0.839. The number of thioether (sulfide) groups is 1. The van der Waals surface area contributed by atoms with Gasteiger partial charge in [0.15, 0.2) is 11.5 Å². The van der Waals surface area contributed by atoms with Crippen molar-refractivity contribution in [1.29, 1.82) is 0 Å². The van der Waals surface area contributed by atoms with Crippen molar-refractivity contribution in [2.45, 2.75) is 11.6 Å². The minimum Gasteiger partial charge on any atom is -0.351 e. The van der Waals surface area contributed by atoms with Crippen LogP contribution in [-0.4, -0.2) is 31.5 Å². The Labute approximate surface area is 170 Å². The Morgan fingerprint density at radius 1 is 1.00 bits per heavy atom. The number of halogens is 1. The van der Waals surface area contributed by atoms with E-state index in [-0.39, 0.29) is 11.7 Å². The lowest BCUT2D eigenvalue weighted by Gasteiger charge is -2.07. The summed E-state index contributed by atoms with van der Waals surface area (Å²) in [6, 6.07) is 20.9. The molecule has 0 atom stereocenters. The van der Waals surface area contributed by atoms with Gasteiger partial charge in [0.2, 0.25) is 5.91 Å². The van der Waals surface area contributed by atoms with Gasteiger partial charge in [0.05, 0.1) is 5.75 Å². The third-order valence-electron chi connectivity index (χ3n) is 4.06. The van der Waals surface area contributed by atoms with Crippen LogP contribution in [0.1, 0.15) is 5.56 Å². The Hall–Kier alpha value is -2.90. The van der Waals surface area contributed by atoms with E-state index in [9.17, 15) is 4.79 Å². The molecule has 0 aliphatic rings. The smallest absolute Gasteiger partial charge is 0.230 e. The van der Waals surface area contributed by atoms with Crippen molar-refractivity contribution < 1.29 is 4.79 Å². The molecule has 2 heterocycles. The molecule has 2 aromatic heterocycles. The third kappa shape index (κ3) is 4.16. The number of hydrogen-bond donors (Lipinski definition) is 1. The highest BCUT2D eigenvalue weighted by Crippen LogP contribution is 2.20. The Morgan fingerprint density at radius 2 is 1.79 bits per heavy atom. The van der Waals surface area contributed by atoms with Gasteiger partial charge in [-0.15, -0.1) is 10.2 Å². The van der Waals surface area contributed by atoms with Crippen molar-refractivity contribution in [2.75, 3.05) is 5.75 Å². The van der Waals surface area contributed by atoms with Gasteiger partial charge in [-0.2, -0.15) is 9.61 Å². The second kappa shape index (κ2) is 8.41. The first-order valence-electron chi connectivity index (χ1n) is 8.61. The van der Waals surface area contributed by atoms with E-state index in [1.807, 2.05) is 60.7 Å². The minimum atomic E-state index is -0.0844. The molecule has 2 aromatic carbocycles. The fourth-order valence-electron chi connectivity index (χ4n) is 2.64. The fourth-order valence-corrected chi connectivity index (χ4v) is 3.53. The van der Waals surface area contributed by atoms with Crippen LogP contribution in [0.25, 0.3) is 17.0 Å². The number of nitrogens with zero attached hydrogens (tertiary/aromatic N) is 4. The summed E-state index contributed by atoms with van der Waals surface area (Å²) >= 11 is 7.47. The summed E-state index contributed by atoms with van der Waals surface area (Å²) in [7, 11) is 0. The molecule has 0 saturated carbocycles. The minimum absolute atomic E-state index is 0.0844. The number of amides is 1.